The third-order valence-electron chi connectivity index (χ3n) is 4.18. The third kappa shape index (κ3) is 6.95. The Balaban J connectivity index is 2.20. The van der Waals surface area contributed by atoms with E-state index in [0.717, 1.165) is 5.56 Å². The van der Waals surface area contributed by atoms with Gasteiger partial charge in [0.15, 0.2) is 6.61 Å². The molecule has 0 bridgehead atoms. The molecule has 9 heteroatoms. The van der Waals surface area contributed by atoms with Crippen LogP contribution in [0.25, 0.3) is 0 Å². The molecule has 0 fully saturated rings. The van der Waals surface area contributed by atoms with Crippen LogP contribution in [-0.4, -0.2) is 35.4 Å². The lowest BCUT2D eigenvalue weighted by atomic mass is 10.1. The van der Waals surface area contributed by atoms with Crippen LogP contribution in [-0.2, 0) is 16.1 Å². The normalized spacial score (nSPS) is 11.9. The number of carbonyl (C=O) groups excluding carboxylic acids is 2. The van der Waals surface area contributed by atoms with Crippen molar-refractivity contribution in [1.82, 2.24) is 10.2 Å². The van der Waals surface area contributed by atoms with E-state index in [1.807, 2.05) is 13.8 Å². The lowest BCUT2D eigenvalue weighted by Crippen LogP contribution is -2.50. The van der Waals surface area contributed by atoms with E-state index in [4.69, 9.17) is 51.1 Å². The Morgan fingerprint density at radius 3 is 2.27 bits per heavy atom. The van der Waals surface area contributed by atoms with Crippen molar-refractivity contribution in [3.8, 4) is 5.75 Å². The van der Waals surface area contributed by atoms with Crippen molar-refractivity contribution >= 4 is 58.2 Å². The zero-order valence-corrected chi connectivity index (χ0v) is 19.7. The summed E-state index contributed by atoms with van der Waals surface area (Å²) in [6, 6.07) is 8.96. The van der Waals surface area contributed by atoms with Gasteiger partial charge in [0.2, 0.25) is 5.91 Å². The monoisotopic (exact) mass is 490 g/mol. The predicted octanol–water partition coefficient (Wildman–Crippen LogP) is 5.62. The number of nitrogens with zero attached hydrogens (tertiary/aromatic N) is 1. The summed E-state index contributed by atoms with van der Waals surface area (Å²) in [5.74, 6) is -0.343. The predicted molar refractivity (Wildman–Crippen MR) is 122 cm³/mol. The Morgan fingerprint density at radius 2 is 1.67 bits per heavy atom. The highest BCUT2D eigenvalue weighted by Crippen LogP contribution is 2.28. The first-order valence-electron chi connectivity index (χ1n) is 9.20. The fourth-order valence-corrected chi connectivity index (χ4v) is 3.42. The maximum atomic E-state index is 13.0. The maximum absolute atomic E-state index is 13.0. The minimum atomic E-state index is -0.737. The summed E-state index contributed by atoms with van der Waals surface area (Å²) in [7, 11) is 0. The summed E-state index contributed by atoms with van der Waals surface area (Å²) in [6.07, 6.45) is 0. The molecule has 0 aliphatic rings. The molecule has 5 nitrogen and oxygen atoms in total. The number of rotatable bonds is 8. The summed E-state index contributed by atoms with van der Waals surface area (Å²) >= 11 is 24.1. The molecule has 2 amide bonds. The largest absolute Gasteiger partial charge is 0.482 e. The second kappa shape index (κ2) is 11.1. The van der Waals surface area contributed by atoms with E-state index in [1.54, 1.807) is 37.3 Å². The highest BCUT2D eigenvalue weighted by Gasteiger charge is 2.27. The van der Waals surface area contributed by atoms with Gasteiger partial charge in [-0.3, -0.25) is 9.59 Å². The highest BCUT2D eigenvalue weighted by molar-refractivity contribution is 6.42. The van der Waals surface area contributed by atoms with Crippen molar-refractivity contribution in [2.24, 2.45) is 0 Å². The minimum absolute atomic E-state index is 0.0639. The lowest BCUT2D eigenvalue weighted by molar-refractivity contribution is -0.142. The van der Waals surface area contributed by atoms with Crippen LogP contribution >= 0.6 is 46.4 Å². The molecule has 2 rings (SSSR count). The summed E-state index contributed by atoms with van der Waals surface area (Å²) in [5, 5.41) is 4.34. The summed E-state index contributed by atoms with van der Waals surface area (Å²) in [6.45, 7) is 5.20. The molecule has 0 aromatic heterocycles. The average Bonchev–Trinajstić information content (AvgIpc) is 2.66. The van der Waals surface area contributed by atoms with Gasteiger partial charge in [-0.15, -0.1) is 0 Å². The Kier molecular flexibility index (Phi) is 9.10. The molecule has 2 aromatic carbocycles. The first-order valence-corrected chi connectivity index (χ1v) is 10.7. The SMILES string of the molecule is CC(C)NC(=O)[C@H](C)N(Cc1ccc(Cl)c(Cl)c1)C(=O)COc1ccc(Cl)cc1Cl. The van der Waals surface area contributed by atoms with Gasteiger partial charge >= 0.3 is 0 Å². The zero-order chi connectivity index (χ0) is 22.4. The van der Waals surface area contributed by atoms with Crippen LogP contribution in [0.1, 0.15) is 26.3 Å². The fourth-order valence-electron chi connectivity index (χ4n) is 2.64. The topological polar surface area (TPSA) is 58.6 Å². The quantitative estimate of drug-likeness (QED) is 0.521. The summed E-state index contributed by atoms with van der Waals surface area (Å²) in [4.78, 5) is 26.9. The molecule has 0 unspecified atom stereocenters. The lowest BCUT2D eigenvalue weighted by Gasteiger charge is -2.29. The van der Waals surface area contributed by atoms with Gasteiger partial charge in [-0.05, 0) is 56.7 Å². The number of benzene rings is 2. The van der Waals surface area contributed by atoms with Crippen LogP contribution in [0.15, 0.2) is 36.4 Å². The molecule has 162 valence electrons. The van der Waals surface area contributed by atoms with Gasteiger partial charge in [0.25, 0.3) is 5.91 Å². The maximum Gasteiger partial charge on any atom is 0.261 e. The van der Waals surface area contributed by atoms with E-state index in [-0.39, 0.29) is 30.1 Å². The van der Waals surface area contributed by atoms with E-state index in [1.165, 1.54) is 11.0 Å². The van der Waals surface area contributed by atoms with Crippen LogP contribution < -0.4 is 10.1 Å². The molecular weight excluding hydrogens is 470 g/mol. The second-order valence-corrected chi connectivity index (χ2v) is 8.63. The van der Waals surface area contributed by atoms with Gasteiger partial charge < -0.3 is 15.0 Å². The van der Waals surface area contributed by atoms with E-state index in [9.17, 15) is 9.59 Å². The van der Waals surface area contributed by atoms with Crippen LogP contribution in [0, 0.1) is 0 Å². The highest BCUT2D eigenvalue weighted by atomic mass is 35.5. The van der Waals surface area contributed by atoms with E-state index in [2.05, 4.69) is 5.32 Å². The molecule has 0 aliphatic heterocycles. The first-order chi connectivity index (χ1) is 14.1. The molecule has 2 aromatic rings. The Bertz CT molecular complexity index is 921. The molecule has 0 radical (unpaired) electrons. The van der Waals surface area contributed by atoms with Gasteiger partial charge in [-0.2, -0.15) is 0 Å². The van der Waals surface area contributed by atoms with E-state index in [0.29, 0.717) is 20.8 Å². The smallest absolute Gasteiger partial charge is 0.261 e. The van der Waals surface area contributed by atoms with Crippen molar-refractivity contribution in [3.05, 3.63) is 62.1 Å². The number of nitrogens with one attached hydrogen (secondary N) is 1. The minimum Gasteiger partial charge on any atom is -0.482 e. The molecule has 1 atom stereocenters. The number of hydrogen-bond acceptors (Lipinski definition) is 3. The molecular formula is C21H22Cl4N2O3. The number of carbonyl (C=O) groups is 2. The number of halogens is 4. The van der Waals surface area contributed by atoms with Gasteiger partial charge in [-0.25, -0.2) is 0 Å². The third-order valence-corrected chi connectivity index (χ3v) is 5.45. The van der Waals surface area contributed by atoms with Gasteiger partial charge in [0.1, 0.15) is 11.8 Å². The molecule has 0 heterocycles. The molecule has 0 spiro atoms. The van der Waals surface area contributed by atoms with E-state index >= 15 is 0 Å². The zero-order valence-electron chi connectivity index (χ0n) is 16.7. The van der Waals surface area contributed by atoms with Crippen LogP contribution in [0.3, 0.4) is 0 Å². The number of ether oxygens (including phenoxy) is 1. The molecule has 30 heavy (non-hydrogen) atoms. The molecule has 0 saturated heterocycles. The first kappa shape index (κ1) is 24.6. The summed E-state index contributed by atoms with van der Waals surface area (Å²) < 4.78 is 5.57. The number of hydrogen-bond donors (Lipinski definition) is 1. The van der Waals surface area contributed by atoms with E-state index < -0.39 is 11.9 Å². The second-order valence-electron chi connectivity index (χ2n) is 6.97. The van der Waals surface area contributed by atoms with Gasteiger partial charge in [-0.1, -0.05) is 52.5 Å². The van der Waals surface area contributed by atoms with Crippen molar-refractivity contribution in [3.63, 3.8) is 0 Å². The van der Waals surface area contributed by atoms with Gasteiger partial charge in [0, 0.05) is 17.6 Å². The Labute approximate surface area is 196 Å². The van der Waals surface area contributed by atoms with Crippen LogP contribution in [0.4, 0.5) is 0 Å². The van der Waals surface area contributed by atoms with Crippen molar-refractivity contribution in [2.75, 3.05) is 6.61 Å². The molecule has 1 N–H and O–H groups in total. The van der Waals surface area contributed by atoms with Crippen LogP contribution in [0.5, 0.6) is 5.75 Å². The van der Waals surface area contributed by atoms with Crippen molar-refractivity contribution in [2.45, 2.75) is 39.4 Å². The fraction of sp³-hybridized carbons (Fsp3) is 0.333. The van der Waals surface area contributed by atoms with Crippen LogP contribution in [0.2, 0.25) is 20.1 Å². The summed E-state index contributed by atoms with van der Waals surface area (Å²) in [5.41, 5.74) is 0.728. The van der Waals surface area contributed by atoms with Crippen molar-refractivity contribution in [1.29, 1.82) is 0 Å². The number of amides is 2. The van der Waals surface area contributed by atoms with Gasteiger partial charge in [0.05, 0.1) is 15.1 Å². The molecule has 0 aliphatic carbocycles. The van der Waals surface area contributed by atoms with Crippen molar-refractivity contribution < 1.29 is 14.3 Å². The Hall–Kier alpha value is -1.66. The average molecular weight is 492 g/mol. The Morgan fingerprint density at radius 1 is 0.967 bits per heavy atom. The standard InChI is InChI=1S/C21H22Cl4N2O3/c1-12(2)26-21(29)13(3)27(10-14-4-6-16(23)17(24)8-14)20(28)11-30-19-7-5-15(22)9-18(19)25/h4-9,12-13H,10-11H2,1-3H3,(H,26,29)/t13-/m0/s1. The molecule has 0 saturated carbocycles.